The highest BCUT2D eigenvalue weighted by Crippen LogP contribution is 2.13. The van der Waals surface area contributed by atoms with E-state index in [2.05, 4.69) is 10.5 Å². The van der Waals surface area contributed by atoms with Gasteiger partial charge in [-0.2, -0.15) is 5.10 Å². The number of benzene rings is 2. The average molecular weight is 345 g/mol. The second-order valence-electron chi connectivity index (χ2n) is 5.28. The van der Waals surface area contributed by atoms with Gasteiger partial charge in [0.15, 0.2) is 0 Å². The normalized spacial score (nSPS) is 10.8. The van der Waals surface area contributed by atoms with Gasteiger partial charge < -0.3 is 4.74 Å². The van der Waals surface area contributed by atoms with E-state index in [-0.39, 0.29) is 5.91 Å². The number of carbonyl (C=O) groups excluding carboxylic acids is 1. The van der Waals surface area contributed by atoms with Crippen molar-refractivity contribution in [1.82, 2.24) is 5.43 Å². The summed E-state index contributed by atoms with van der Waals surface area (Å²) in [6.07, 6.45) is 3.66. The minimum Gasteiger partial charge on any atom is -0.494 e. The van der Waals surface area contributed by atoms with Crippen LogP contribution in [0.4, 0.5) is 0 Å². The Bertz CT molecular complexity index is 667. The largest absolute Gasteiger partial charge is 0.494 e. The summed E-state index contributed by atoms with van der Waals surface area (Å²) in [6.45, 7) is 2.62. The van der Waals surface area contributed by atoms with Crippen LogP contribution >= 0.6 is 11.6 Å². The number of halogens is 1. The Hall–Kier alpha value is -2.33. The molecular formula is C19H21ClN2O2. The van der Waals surface area contributed by atoms with E-state index in [4.69, 9.17) is 16.3 Å². The summed E-state index contributed by atoms with van der Waals surface area (Å²) in [7, 11) is 0. The Labute approximate surface area is 147 Å². The zero-order valence-electron chi connectivity index (χ0n) is 13.7. The predicted molar refractivity (Wildman–Crippen MR) is 97.7 cm³/mol. The summed E-state index contributed by atoms with van der Waals surface area (Å²) < 4.78 is 5.40. The van der Waals surface area contributed by atoms with Gasteiger partial charge in [-0.05, 0) is 55.2 Å². The van der Waals surface area contributed by atoms with Crippen LogP contribution in [-0.2, 0) is 11.2 Å². The molecule has 0 saturated carbocycles. The fourth-order valence-electron chi connectivity index (χ4n) is 2.16. The van der Waals surface area contributed by atoms with Crippen molar-refractivity contribution >= 4 is 23.7 Å². The molecule has 0 fully saturated rings. The van der Waals surface area contributed by atoms with E-state index in [1.807, 2.05) is 43.3 Å². The number of aryl methyl sites for hydroxylation is 1. The van der Waals surface area contributed by atoms with Crippen molar-refractivity contribution in [3.05, 3.63) is 64.7 Å². The molecule has 2 aromatic rings. The summed E-state index contributed by atoms with van der Waals surface area (Å²) >= 11 is 5.81. The van der Waals surface area contributed by atoms with E-state index in [0.29, 0.717) is 18.1 Å². The first-order valence-corrected chi connectivity index (χ1v) is 8.34. The Morgan fingerprint density at radius 1 is 1.17 bits per heavy atom. The number of ether oxygens (including phenoxy) is 1. The lowest BCUT2D eigenvalue weighted by atomic mass is 10.1. The van der Waals surface area contributed by atoms with E-state index < -0.39 is 0 Å². The van der Waals surface area contributed by atoms with Crippen molar-refractivity contribution in [2.75, 3.05) is 6.61 Å². The van der Waals surface area contributed by atoms with Crippen molar-refractivity contribution in [3.63, 3.8) is 0 Å². The van der Waals surface area contributed by atoms with E-state index in [9.17, 15) is 4.79 Å². The number of amides is 1. The Morgan fingerprint density at radius 2 is 1.88 bits per heavy atom. The molecule has 1 N–H and O–H groups in total. The molecule has 0 bridgehead atoms. The van der Waals surface area contributed by atoms with Crippen LogP contribution in [0.25, 0.3) is 0 Å². The number of hydrogen-bond donors (Lipinski definition) is 1. The number of nitrogens with one attached hydrogen (secondary N) is 1. The van der Waals surface area contributed by atoms with Crippen molar-refractivity contribution in [1.29, 1.82) is 0 Å². The highest BCUT2D eigenvalue weighted by Gasteiger charge is 2.01. The molecule has 4 nitrogen and oxygen atoms in total. The van der Waals surface area contributed by atoms with Gasteiger partial charge in [-0.1, -0.05) is 35.9 Å². The van der Waals surface area contributed by atoms with Crippen molar-refractivity contribution in [3.8, 4) is 5.75 Å². The Balaban J connectivity index is 1.68. The quantitative estimate of drug-likeness (QED) is 0.576. The van der Waals surface area contributed by atoms with Gasteiger partial charge in [0.05, 0.1) is 12.8 Å². The van der Waals surface area contributed by atoms with Crippen LogP contribution in [-0.4, -0.2) is 18.7 Å². The second-order valence-corrected chi connectivity index (χ2v) is 5.71. The number of hydrazone groups is 1. The average Bonchev–Trinajstić information content (AvgIpc) is 2.58. The minimum absolute atomic E-state index is 0.0915. The molecule has 24 heavy (non-hydrogen) atoms. The molecule has 0 heterocycles. The molecule has 0 atom stereocenters. The first-order chi connectivity index (χ1) is 11.7. The SMILES string of the molecule is CCOc1ccc(CCCC(=O)NN=Cc2ccc(Cl)cc2)cc1. The topological polar surface area (TPSA) is 50.7 Å². The molecule has 0 aliphatic heterocycles. The first kappa shape index (κ1) is 18.0. The summed E-state index contributed by atoms with van der Waals surface area (Å²) in [4.78, 5) is 11.8. The van der Waals surface area contributed by atoms with Crippen molar-refractivity contribution in [2.45, 2.75) is 26.2 Å². The van der Waals surface area contributed by atoms with Crippen LogP contribution in [0.1, 0.15) is 30.9 Å². The molecule has 1 amide bonds. The third-order valence-corrected chi connectivity index (χ3v) is 3.63. The zero-order valence-corrected chi connectivity index (χ0v) is 14.4. The Morgan fingerprint density at radius 3 is 2.54 bits per heavy atom. The van der Waals surface area contributed by atoms with Gasteiger partial charge in [0.2, 0.25) is 5.91 Å². The lowest BCUT2D eigenvalue weighted by Crippen LogP contribution is -2.17. The molecule has 2 rings (SSSR count). The fraction of sp³-hybridized carbons (Fsp3) is 0.263. The van der Waals surface area contributed by atoms with Crippen molar-refractivity contribution in [2.24, 2.45) is 5.10 Å². The Kier molecular flexibility index (Phi) is 7.30. The van der Waals surface area contributed by atoms with Gasteiger partial charge in [0, 0.05) is 11.4 Å². The van der Waals surface area contributed by atoms with Crippen LogP contribution in [0, 0.1) is 0 Å². The van der Waals surface area contributed by atoms with Crippen LogP contribution in [0.15, 0.2) is 53.6 Å². The monoisotopic (exact) mass is 344 g/mol. The number of nitrogens with zero attached hydrogens (tertiary/aromatic N) is 1. The standard InChI is InChI=1S/C19H21ClN2O2/c1-2-24-18-12-8-15(9-13-18)4-3-5-19(23)22-21-14-16-6-10-17(20)11-7-16/h6-14H,2-5H2,1H3,(H,22,23). The maximum absolute atomic E-state index is 11.8. The fourth-order valence-corrected chi connectivity index (χ4v) is 2.28. The van der Waals surface area contributed by atoms with Gasteiger partial charge in [-0.15, -0.1) is 0 Å². The van der Waals surface area contributed by atoms with Gasteiger partial charge in [0.25, 0.3) is 0 Å². The molecule has 0 aliphatic rings. The molecular weight excluding hydrogens is 324 g/mol. The lowest BCUT2D eigenvalue weighted by Gasteiger charge is -2.05. The summed E-state index contributed by atoms with van der Waals surface area (Å²) in [5.74, 6) is 0.779. The maximum Gasteiger partial charge on any atom is 0.240 e. The third-order valence-electron chi connectivity index (χ3n) is 3.38. The van der Waals surface area contributed by atoms with Crippen LogP contribution in [0.3, 0.4) is 0 Å². The third kappa shape index (κ3) is 6.42. The summed E-state index contributed by atoms with van der Waals surface area (Å²) in [6, 6.07) is 15.2. The zero-order chi connectivity index (χ0) is 17.2. The molecule has 0 unspecified atom stereocenters. The predicted octanol–water partition coefficient (Wildman–Crippen LogP) is 4.21. The molecule has 5 heteroatoms. The number of carbonyl (C=O) groups is 1. The van der Waals surface area contributed by atoms with Gasteiger partial charge in [-0.3, -0.25) is 4.79 Å². The smallest absolute Gasteiger partial charge is 0.240 e. The van der Waals surface area contributed by atoms with Gasteiger partial charge in [0.1, 0.15) is 5.75 Å². The van der Waals surface area contributed by atoms with Crippen LogP contribution < -0.4 is 10.2 Å². The molecule has 0 saturated heterocycles. The van der Waals surface area contributed by atoms with E-state index in [1.165, 1.54) is 5.56 Å². The van der Waals surface area contributed by atoms with Crippen LogP contribution in [0.5, 0.6) is 5.75 Å². The first-order valence-electron chi connectivity index (χ1n) is 7.96. The number of hydrogen-bond acceptors (Lipinski definition) is 3. The molecule has 0 spiro atoms. The van der Waals surface area contributed by atoms with Gasteiger partial charge >= 0.3 is 0 Å². The molecule has 0 aromatic heterocycles. The molecule has 0 radical (unpaired) electrons. The lowest BCUT2D eigenvalue weighted by molar-refractivity contribution is -0.121. The summed E-state index contributed by atoms with van der Waals surface area (Å²) in [5, 5.41) is 4.62. The maximum atomic E-state index is 11.8. The van der Waals surface area contributed by atoms with Gasteiger partial charge in [-0.25, -0.2) is 5.43 Å². The highest BCUT2D eigenvalue weighted by atomic mass is 35.5. The highest BCUT2D eigenvalue weighted by molar-refractivity contribution is 6.30. The second kappa shape index (κ2) is 9.73. The molecule has 0 aliphatic carbocycles. The van der Waals surface area contributed by atoms with E-state index in [1.54, 1.807) is 18.3 Å². The molecule has 2 aromatic carbocycles. The minimum atomic E-state index is -0.0915. The van der Waals surface area contributed by atoms with E-state index in [0.717, 1.165) is 24.2 Å². The summed E-state index contributed by atoms with van der Waals surface area (Å²) in [5.41, 5.74) is 4.61. The van der Waals surface area contributed by atoms with Crippen LogP contribution in [0.2, 0.25) is 5.02 Å². The van der Waals surface area contributed by atoms with Crippen molar-refractivity contribution < 1.29 is 9.53 Å². The van der Waals surface area contributed by atoms with E-state index >= 15 is 0 Å². The number of rotatable bonds is 8. The molecule has 126 valence electrons.